The van der Waals surface area contributed by atoms with E-state index in [0.29, 0.717) is 31.6 Å². The fourth-order valence-electron chi connectivity index (χ4n) is 4.47. The number of para-hydroxylation sites is 1. The van der Waals surface area contributed by atoms with Crippen molar-refractivity contribution in [2.45, 2.75) is 56.9 Å². The van der Waals surface area contributed by atoms with E-state index >= 15 is 0 Å². The maximum absolute atomic E-state index is 13.4. The van der Waals surface area contributed by atoms with E-state index in [1.807, 2.05) is 93.8 Å². The Morgan fingerprint density at radius 2 is 1.73 bits per heavy atom. The average Bonchev–Trinajstić information content (AvgIpc) is 3.33. The van der Waals surface area contributed by atoms with Crippen molar-refractivity contribution in [3.05, 3.63) is 102 Å². The van der Waals surface area contributed by atoms with Crippen LogP contribution < -0.4 is 10.6 Å². The van der Waals surface area contributed by atoms with Gasteiger partial charge >= 0.3 is 6.09 Å². The van der Waals surface area contributed by atoms with E-state index in [2.05, 4.69) is 26.7 Å². The van der Waals surface area contributed by atoms with E-state index in [1.54, 1.807) is 18.0 Å². The van der Waals surface area contributed by atoms with Crippen LogP contribution in [0.3, 0.4) is 0 Å². The second-order valence-electron chi connectivity index (χ2n) is 10.8. The van der Waals surface area contributed by atoms with Gasteiger partial charge in [0.25, 0.3) is 0 Å². The smallest absolute Gasteiger partial charge is 0.407 e. The Kier molecular flexibility index (Phi) is 10.2. The van der Waals surface area contributed by atoms with Crippen LogP contribution in [0.15, 0.2) is 85.3 Å². The molecule has 8 heteroatoms. The molecule has 0 fully saturated rings. The lowest BCUT2D eigenvalue weighted by atomic mass is 10.1. The zero-order valence-corrected chi connectivity index (χ0v) is 24.2. The van der Waals surface area contributed by atoms with Gasteiger partial charge in [-0.25, -0.2) is 4.79 Å². The maximum atomic E-state index is 13.4. The molecule has 0 saturated carbocycles. The van der Waals surface area contributed by atoms with Crippen LogP contribution >= 0.6 is 11.8 Å². The highest BCUT2D eigenvalue weighted by molar-refractivity contribution is 8.00. The minimum Gasteiger partial charge on any atom is -0.444 e. The van der Waals surface area contributed by atoms with Gasteiger partial charge in [-0.3, -0.25) is 9.78 Å². The monoisotopic (exact) mass is 558 g/mol. The summed E-state index contributed by atoms with van der Waals surface area (Å²) in [6.45, 7) is 6.08. The number of aromatic nitrogens is 2. The molecular formula is C32H38N4O3S. The molecule has 0 spiro atoms. The fraction of sp³-hybridized carbons (Fsp3) is 0.344. The van der Waals surface area contributed by atoms with E-state index < -0.39 is 11.7 Å². The molecule has 3 N–H and O–H groups in total. The van der Waals surface area contributed by atoms with Gasteiger partial charge in [0, 0.05) is 47.8 Å². The number of rotatable bonds is 12. The summed E-state index contributed by atoms with van der Waals surface area (Å²) in [4.78, 5) is 33.6. The Morgan fingerprint density at radius 3 is 2.48 bits per heavy atom. The molecule has 2 aromatic heterocycles. The fourth-order valence-corrected chi connectivity index (χ4v) is 5.68. The van der Waals surface area contributed by atoms with Crippen LogP contribution in [-0.4, -0.2) is 51.2 Å². The second kappa shape index (κ2) is 14.0. The number of hydrogen-bond acceptors (Lipinski definition) is 5. The number of aromatic amines is 1. The van der Waals surface area contributed by atoms with Crippen LogP contribution in [0, 0.1) is 0 Å². The van der Waals surface area contributed by atoms with Gasteiger partial charge in [-0.2, -0.15) is 0 Å². The second-order valence-corrected chi connectivity index (χ2v) is 12.1. The molecule has 4 rings (SSSR count). The van der Waals surface area contributed by atoms with Crippen LogP contribution in [-0.2, 0) is 28.8 Å². The largest absolute Gasteiger partial charge is 0.444 e. The molecule has 0 saturated heterocycles. The number of nitrogens with one attached hydrogen (secondary N) is 3. The first kappa shape index (κ1) is 29.2. The van der Waals surface area contributed by atoms with Gasteiger partial charge in [0.05, 0.1) is 5.25 Å². The summed E-state index contributed by atoms with van der Waals surface area (Å²) in [6.07, 6.45) is 7.01. The van der Waals surface area contributed by atoms with Gasteiger partial charge in [0.15, 0.2) is 0 Å². The van der Waals surface area contributed by atoms with Crippen molar-refractivity contribution in [2.75, 3.05) is 12.3 Å². The standard InChI is InChI=1S/C32H38N4O3S/c1-32(2,3)39-31(38)36-26(19-25-21-35-28-14-8-7-13-27(25)28)22-40-29(18-23-10-5-4-6-11-23)30(37)34-17-15-24-12-9-16-33-20-24/h4-14,16,20-21,26,29,35H,15,17-19,22H2,1-3H3,(H,34,37)(H,36,38)/t26-,29+/m1/s1. The number of carbonyl (C=O) groups excluding carboxylic acids is 2. The first-order valence-corrected chi connectivity index (χ1v) is 14.7. The molecular weight excluding hydrogens is 520 g/mol. The number of ether oxygens (including phenoxy) is 1. The molecule has 7 nitrogen and oxygen atoms in total. The third-order valence-electron chi connectivity index (χ3n) is 6.35. The highest BCUT2D eigenvalue weighted by Crippen LogP contribution is 2.23. The van der Waals surface area contributed by atoms with Crippen LogP contribution in [0.2, 0.25) is 0 Å². The number of H-pyrrole nitrogens is 1. The number of carbonyl (C=O) groups is 2. The summed E-state index contributed by atoms with van der Waals surface area (Å²) in [5.74, 6) is 0.535. The van der Waals surface area contributed by atoms with E-state index in [4.69, 9.17) is 4.74 Å². The van der Waals surface area contributed by atoms with Crippen molar-refractivity contribution >= 4 is 34.7 Å². The number of thioether (sulfide) groups is 1. The number of alkyl carbamates (subject to hydrolysis) is 1. The summed E-state index contributed by atoms with van der Waals surface area (Å²) < 4.78 is 5.57. The first-order valence-electron chi connectivity index (χ1n) is 13.6. The van der Waals surface area contributed by atoms with Gasteiger partial charge in [0.2, 0.25) is 5.91 Å². The van der Waals surface area contributed by atoms with Gasteiger partial charge in [0.1, 0.15) is 5.60 Å². The SMILES string of the molecule is CC(C)(C)OC(=O)N[C@@H](CS[C@@H](Cc1ccccc1)C(=O)NCCc1cccnc1)Cc1c[nH]c2ccccc12. The lowest BCUT2D eigenvalue weighted by Crippen LogP contribution is -2.43. The molecule has 0 aliphatic heterocycles. The van der Waals surface area contributed by atoms with Gasteiger partial charge in [-0.1, -0.05) is 54.6 Å². The molecule has 2 aromatic carbocycles. The lowest BCUT2D eigenvalue weighted by molar-refractivity contribution is -0.120. The molecule has 0 bridgehead atoms. The molecule has 2 heterocycles. The van der Waals surface area contributed by atoms with Crippen molar-refractivity contribution in [1.29, 1.82) is 0 Å². The number of amides is 2. The molecule has 40 heavy (non-hydrogen) atoms. The summed E-state index contributed by atoms with van der Waals surface area (Å²) in [7, 11) is 0. The van der Waals surface area contributed by atoms with Gasteiger partial charge < -0.3 is 20.4 Å². The van der Waals surface area contributed by atoms with E-state index in [-0.39, 0.29) is 17.2 Å². The normalized spacial score (nSPS) is 13.0. The zero-order valence-electron chi connectivity index (χ0n) is 23.4. The van der Waals surface area contributed by atoms with Crippen LogP contribution in [0.5, 0.6) is 0 Å². The van der Waals surface area contributed by atoms with Crippen molar-refractivity contribution in [3.63, 3.8) is 0 Å². The topological polar surface area (TPSA) is 96.1 Å². The Hall–Kier alpha value is -3.78. The average molecular weight is 559 g/mol. The third kappa shape index (κ3) is 9.16. The van der Waals surface area contributed by atoms with E-state index in [1.165, 1.54) is 0 Å². The summed E-state index contributed by atoms with van der Waals surface area (Å²) in [5, 5.41) is 6.98. The number of fused-ring (bicyclic) bond motifs is 1. The zero-order chi connectivity index (χ0) is 28.4. The predicted octanol–water partition coefficient (Wildman–Crippen LogP) is 5.70. The number of nitrogens with zero attached hydrogens (tertiary/aromatic N) is 1. The first-order chi connectivity index (χ1) is 19.3. The van der Waals surface area contributed by atoms with Gasteiger partial charge in [-0.05, 0) is 68.9 Å². The minimum atomic E-state index is -0.605. The molecule has 0 unspecified atom stereocenters. The summed E-state index contributed by atoms with van der Waals surface area (Å²) in [5.41, 5.74) is 3.73. The molecule has 0 aliphatic carbocycles. The number of hydrogen-bond donors (Lipinski definition) is 3. The van der Waals surface area contributed by atoms with Crippen molar-refractivity contribution < 1.29 is 14.3 Å². The maximum Gasteiger partial charge on any atom is 0.407 e. The van der Waals surface area contributed by atoms with Crippen molar-refractivity contribution in [2.24, 2.45) is 0 Å². The Morgan fingerprint density at radius 1 is 0.975 bits per heavy atom. The van der Waals surface area contributed by atoms with E-state index in [0.717, 1.165) is 27.6 Å². The molecule has 4 aromatic rings. The third-order valence-corrected chi connectivity index (χ3v) is 7.73. The quantitative estimate of drug-likeness (QED) is 0.207. The molecule has 210 valence electrons. The minimum absolute atomic E-state index is 0.0131. The molecule has 2 amide bonds. The van der Waals surface area contributed by atoms with Crippen LogP contribution in [0.25, 0.3) is 10.9 Å². The van der Waals surface area contributed by atoms with Crippen LogP contribution in [0.4, 0.5) is 4.79 Å². The predicted molar refractivity (Wildman–Crippen MR) is 163 cm³/mol. The number of pyridine rings is 1. The van der Waals surface area contributed by atoms with Gasteiger partial charge in [-0.15, -0.1) is 11.8 Å². The lowest BCUT2D eigenvalue weighted by Gasteiger charge is -2.25. The highest BCUT2D eigenvalue weighted by Gasteiger charge is 2.25. The molecule has 0 radical (unpaired) electrons. The number of benzene rings is 2. The summed E-state index contributed by atoms with van der Waals surface area (Å²) >= 11 is 1.56. The van der Waals surface area contributed by atoms with E-state index in [9.17, 15) is 9.59 Å². The Balaban J connectivity index is 1.46. The highest BCUT2D eigenvalue weighted by atomic mass is 32.2. The summed E-state index contributed by atoms with van der Waals surface area (Å²) in [6, 6.07) is 21.8. The Bertz CT molecular complexity index is 1370. The molecule has 0 aliphatic rings. The van der Waals surface area contributed by atoms with Crippen LogP contribution in [0.1, 0.15) is 37.5 Å². The van der Waals surface area contributed by atoms with Crippen molar-refractivity contribution in [1.82, 2.24) is 20.6 Å². The van der Waals surface area contributed by atoms with Crippen molar-refractivity contribution in [3.8, 4) is 0 Å². The molecule has 2 atom stereocenters. The Labute approximate surface area is 240 Å².